The number of benzene rings is 1. The van der Waals surface area contributed by atoms with Crippen LogP contribution in [0.25, 0.3) is 6.08 Å². The highest BCUT2D eigenvalue weighted by Gasteiger charge is 2.02. The van der Waals surface area contributed by atoms with Gasteiger partial charge >= 0.3 is 0 Å². The second kappa shape index (κ2) is 7.27. The number of allylic oxidation sites excluding steroid dienone is 1. The van der Waals surface area contributed by atoms with Gasteiger partial charge in [0.1, 0.15) is 0 Å². The number of unbranched alkanes of at least 4 members (excludes halogenated alkanes) is 2. The molecule has 0 saturated carbocycles. The van der Waals surface area contributed by atoms with Gasteiger partial charge in [-0.2, -0.15) is 0 Å². The average molecular weight is 216 g/mol. The second-order valence-electron chi connectivity index (χ2n) is 4.50. The van der Waals surface area contributed by atoms with E-state index in [0.29, 0.717) is 0 Å². The van der Waals surface area contributed by atoms with Crippen LogP contribution in [-0.2, 0) is 6.42 Å². The maximum absolute atomic E-state index is 2.29. The molecule has 0 amide bonds. The normalized spacial score (nSPS) is 12.7. The first-order valence-electron chi connectivity index (χ1n) is 6.54. The highest BCUT2D eigenvalue weighted by Crippen LogP contribution is 2.19. The minimum absolute atomic E-state index is 1.20. The van der Waals surface area contributed by atoms with Crippen molar-refractivity contribution >= 4 is 6.08 Å². The van der Waals surface area contributed by atoms with Crippen molar-refractivity contribution in [2.75, 3.05) is 0 Å². The summed E-state index contributed by atoms with van der Waals surface area (Å²) in [6.07, 6.45) is 11.0. The van der Waals surface area contributed by atoms with Crippen molar-refractivity contribution in [1.29, 1.82) is 0 Å². The van der Waals surface area contributed by atoms with Crippen molar-refractivity contribution in [1.82, 2.24) is 0 Å². The van der Waals surface area contributed by atoms with Gasteiger partial charge in [0.2, 0.25) is 0 Å². The minimum atomic E-state index is 1.20. The molecule has 88 valence electrons. The van der Waals surface area contributed by atoms with E-state index in [0.717, 1.165) is 0 Å². The predicted molar refractivity (Wildman–Crippen MR) is 73.7 cm³/mol. The predicted octanol–water partition coefficient (Wildman–Crippen LogP) is 5.15. The topological polar surface area (TPSA) is 0 Å². The molecule has 16 heavy (non-hydrogen) atoms. The summed E-state index contributed by atoms with van der Waals surface area (Å²) in [6.45, 7) is 6.57. The second-order valence-corrected chi connectivity index (χ2v) is 4.50. The van der Waals surface area contributed by atoms with E-state index in [4.69, 9.17) is 0 Å². The Balaban J connectivity index is 0.000000221. The third kappa shape index (κ3) is 4.22. The zero-order valence-corrected chi connectivity index (χ0v) is 10.9. The molecule has 0 aromatic heterocycles. The van der Waals surface area contributed by atoms with Crippen molar-refractivity contribution in [2.45, 2.75) is 52.9 Å². The Labute approximate surface area is 100 Å². The van der Waals surface area contributed by atoms with E-state index in [1.165, 1.54) is 48.8 Å². The van der Waals surface area contributed by atoms with Crippen LogP contribution in [0.3, 0.4) is 0 Å². The molecule has 0 heterocycles. The van der Waals surface area contributed by atoms with E-state index in [1.54, 1.807) is 0 Å². The Bertz CT molecular complexity index is 332. The Morgan fingerprint density at radius 3 is 2.50 bits per heavy atom. The highest BCUT2D eigenvalue weighted by molar-refractivity contribution is 5.56. The van der Waals surface area contributed by atoms with Gasteiger partial charge in [0, 0.05) is 0 Å². The van der Waals surface area contributed by atoms with E-state index < -0.39 is 0 Å². The Hall–Kier alpha value is -1.04. The lowest BCUT2D eigenvalue weighted by atomic mass is 9.96. The minimum Gasteiger partial charge on any atom is -0.0836 e. The lowest BCUT2D eigenvalue weighted by molar-refractivity contribution is 0.772. The number of hydrogen-bond acceptors (Lipinski definition) is 0. The molecule has 0 spiro atoms. The Kier molecular flexibility index (Phi) is 5.92. The average Bonchev–Trinajstić information content (AvgIpc) is 2.31. The van der Waals surface area contributed by atoms with Gasteiger partial charge in [0.05, 0.1) is 0 Å². The molecule has 1 aliphatic carbocycles. The van der Waals surface area contributed by atoms with Crippen molar-refractivity contribution in [2.24, 2.45) is 0 Å². The monoisotopic (exact) mass is 216 g/mol. The lowest BCUT2D eigenvalue weighted by Gasteiger charge is -2.09. The van der Waals surface area contributed by atoms with Gasteiger partial charge < -0.3 is 0 Å². The number of hydrogen-bond donors (Lipinski definition) is 0. The fourth-order valence-corrected chi connectivity index (χ4v) is 1.92. The molecule has 0 saturated heterocycles. The molecule has 1 aliphatic rings. The Morgan fingerprint density at radius 1 is 1.12 bits per heavy atom. The first-order valence-corrected chi connectivity index (χ1v) is 6.54. The fourth-order valence-electron chi connectivity index (χ4n) is 1.92. The molecule has 2 rings (SSSR count). The van der Waals surface area contributed by atoms with Gasteiger partial charge in [0.25, 0.3) is 0 Å². The lowest BCUT2D eigenvalue weighted by Crippen LogP contribution is -1.93. The molecule has 0 nitrogen and oxygen atoms in total. The van der Waals surface area contributed by atoms with Gasteiger partial charge in [0.15, 0.2) is 0 Å². The summed E-state index contributed by atoms with van der Waals surface area (Å²) in [4.78, 5) is 0. The first-order chi connectivity index (χ1) is 7.77. The van der Waals surface area contributed by atoms with Crippen LogP contribution in [0.4, 0.5) is 0 Å². The molecule has 0 unspecified atom stereocenters. The van der Waals surface area contributed by atoms with Crippen LogP contribution >= 0.6 is 0 Å². The van der Waals surface area contributed by atoms with E-state index in [-0.39, 0.29) is 0 Å². The highest BCUT2D eigenvalue weighted by atomic mass is 14.1. The van der Waals surface area contributed by atoms with Crippen molar-refractivity contribution < 1.29 is 0 Å². The Morgan fingerprint density at radius 2 is 1.88 bits per heavy atom. The quantitative estimate of drug-likeness (QED) is 0.641. The van der Waals surface area contributed by atoms with Crippen LogP contribution in [0.2, 0.25) is 0 Å². The van der Waals surface area contributed by atoms with Crippen molar-refractivity contribution in [3.8, 4) is 0 Å². The molecular weight excluding hydrogens is 192 g/mol. The van der Waals surface area contributed by atoms with Crippen LogP contribution in [0.5, 0.6) is 0 Å². The molecule has 0 heteroatoms. The molecule has 0 bridgehead atoms. The van der Waals surface area contributed by atoms with Crippen molar-refractivity contribution in [3.05, 3.63) is 41.0 Å². The van der Waals surface area contributed by atoms with Gasteiger partial charge in [-0.1, -0.05) is 69.0 Å². The number of rotatable bonds is 2. The summed E-state index contributed by atoms with van der Waals surface area (Å²) < 4.78 is 0. The summed E-state index contributed by atoms with van der Waals surface area (Å²) in [5, 5.41) is 0. The first kappa shape index (κ1) is 13.0. The third-order valence-electron chi connectivity index (χ3n) is 2.88. The largest absolute Gasteiger partial charge is 0.0836 e. The van der Waals surface area contributed by atoms with Crippen LogP contribution in [0.1, 0.15) is 56.2 Å². The molecular formula is C16H24. The van der Waals surface area contributed by atoms with Gasteiger partial charge in [-0.3, -0.25) is 0 Å². The van der Waals surface area contributed by atoms with Crippen LogP contribution in [0.15, 0.2) is 24.3 Å². The molecule has 0 N–H and O–H groups in total. The number of fused-ring (bicyclic) bond motifs is 1. The van der Waals surface area contributed by atoms with E-state index in [2.05, 4.69) is 51.1 Å². The SMILES string of the molecule is CCCCC.Cc1ccc2c(c1)CCC=C2. The third-order valence-corrected chi connectivity index (χ3v) is 2.88. The molecule has 1 aromatic rings. The van der Waals surface area contributed by atoms with Crippen LogP contribution in [-0.4, -0.2) is 0 Å². The standard InChI is InChI=1S/C11H12.C5H12/c1-9-6-7-10-4-2-3-5-11(10)8-9;1-3-5-4-2/h2,4,6-8H,3,5H2,1H3;3-5H2,1-2H3. The smallest absolute Gasteiger partial charge is 0.0227 e. The zero-order valence-electron chi connectivity index (χ0n) is 10.9. The van der Waals surface area contributed by atoms with E-state index in [1.807, 2.05) is 0 Å². The summed E-state index contributed by atoms with van der Waals surface area (Å²) in [6, 6.07) is 6.67. The summed E-state index contributed by atoms with van der Waals surface area (Å²) in [7, 11) is 0. The molecule has 0 aliphatic heterocycles. The fraction of sp³-hybridized carbons (Fsp3) is 0.500. The summed E-state index contributed by atoms with van der Waals surface area (Å²) >= 11 is 0. The molecule has 0 fully saturated rings. The molecule has 0 radical (unpaired) electrons. The molecule has 1 aromatic carbocycles. The summed E-state index contributed by atoms with van der Waals surface area (Å²) in [5.74, 6) is 0. The summed E-state index contributed by atoms with van der Waals surface area (Å²) in [5.41, 5.74) is 4.29. The van der Waals surface area contributed by atoms with Crippen molar-refractivity contribution in [3.63, 3.8) is 0 Å². The maximum Gasteiger partial charge on any atom is -0.0227 e. The van der Waals surface area contributed by atoms with Crippen LogP contribution < -0.4 is 0 Å². The maximum atomic E-state index is 2.29. The van der Waals surface area contributed by atoms with Gasteiger partial charge in [-0.25, -0.2) is 0 Å². The van der Waals surface area contributed by atoms with Gasteiger partial charge in [-0.05, 0) is 30.9 Å². The molecule has 0 atom stereocenters. The van der Waals surface area contributed by atoms with E-state index >= 15 is 0 Å². The van der Waals surface area contributed by atoms with E-state index in [9.17, 15) is 0 Å². The number of aryl methyl sites for hydroxylation is 2. The van der Waals surface area contributed by atoms with Crippen LogP contribution in [0, 0.1) is 6.92 Å². The zero-order chi connectivity index (χ0) is 11.8. The van der Waals surface area contributed by atoms with Gasteiger partial charge in [-0.15, -0.1) is 0 Å².